The maximum atomic E-state index is 13.7. The summed E-state index contributed by atoms with van der Waals surface area (Å²) >= 11 is 0. The topological polar surface area (TPSA) is 55.8 Å². The van der Waals surface area contributed by atoms with Gasteiger partial charge in [0.15, 0.2) is 11.6 Å². The maximum absolute atomic E-state index is 13.7. The molecule has 1 saturated heterocycles. The quantitative estimate of drug-likeness (QED) is 0.801. The van der Waals surface area contributed by atoms with Crippen LogP contribution in [0.1, 0.15) is 19.3 Å². The lowest BCUT2D eigenvalue weighted by Gasteiger charge is -2.17. The summed E-state index contributed by atoms with van der Waals surface area (Å²) in [4.78, 5) is -0.0476. The molecule has 1 unspecified atom stereocenters. The smallest absolute Gasteiger partial charge is 0.243 e. The number of ether oxygens (including phenoxy) is 2. The van der Waals surface area contributed by atoms with Crippen LogP contribution >= 0.6 is 0 Å². The van der Waals surface area contributed by atoms with Crippen molar-refractivity contribution in [2.24, 2.45) is 5.92 Å². The normalized spacial score (nSPS) is 22.9. The third-order valence-corrected chi connectivity index (χ3v) is 5.99. The van der Waals surface area contributed by atoms with Crippen molar-refractivity contribution >= 4 is 10.0 Å². The molecule has 0 amide bonds. The molecule has 2 fully saturated rings. The first-order valence-electron chi connectivity index (χ1n) is 7.46. The Bertz CT molecular complexity index is 645. The Morgan fingerprint density at radius 3 is 2.73 bits per heavy atom. The number of nitrogens with zero attached hydrogens (tertiary/aromatic N) is 1. The predicted octanol–water partition coefficient (Wildman–Crippen LogP) is 2.02. The van der Waals surface area contributed by atoms with E-state index in [4.69, 9.17) is 9.47 Å². The first kappa shape index (κ1) is 15.7. The highest BCUT2D eigenvalue weighted by atomic mass is 32.2. The van der Waals surface area contributed by atoms with E-state index >= 15 is 0 Å². The van der Waals surface area contributed by atoms with E-state index in [1.54, 1.807) is 0 Å². The highest BCUT2D eigenvalue weighted by Crippen LogP contribution is 2.31. The van der Waals surface area contributed by atoms with Crippen molar-refractivity contribution in [3.63, 3.8) is 0 Å². The monoisotopic (exact) mass is 329 g/mol. The average molecular weight is 329 g/mol. The van der Waals surface area contributed by atoms with Crippen LogP contribution in [0.5, 0.6) is 5.75 Å². The number of methoxy groups -OCH3 is 1. The second-order valence-corrected chi connectivity index (χ2v) is 7.78. The first-order chi connectivity index (χ1) is 10.5. The Hall–Kier alpha value is -1.18. The van der Waals surface area contributed by atoms with E-state index in [-0.39, 0.29) is 16.7 Å². The van der Waals surface area contributed by atoms with Gasteiger partial charge < -0.3 is 9.47 Å². The van der Waals surface area contributed by atoms with Gasteiger partial charge in [0, 0.05) is 19.7 Å². The van der Waals surface area contributed by atoms with Crippen LogP contribution in [0.2, 0.25) is 0 Å². The number of hydrogen-bond acceptors (Lipinski definition) is 4. The second-order valence-electron chi connectivity index (χ2n) is 5.85. The van der Waals surface area contributed by atoms with Gasteiger partial charge in [-0.25, -0.2) is 12.8 Å². The Morgan fingerprint density at radius 1 is 1.32 bits per heavy atom. The summed E-state index contributed by atoms with van der Waals surface area (Å²) in [5.41, 5.74) is 0. The molecule has 1 saturated carbocycles. The summed E-state index contributed by atoms with van der Waals surface area (Å²) in [5, 5.41) is 0. The highest BCUT2D eigenvalue weighted by molar-refractivity contribution is 7.89. The molecule has 1 atom stereocenters. The molecule has 2 aliphatic rings. The number of rotatable bonds is 6. The molecule has 1 aromatic carbocycles. The van der Waals surface area contributed by atoms with Gasteiger partial charge in [0.1, 0.15) is 0 Å². The molecule has 1 aliphatic heterocycles. The Labute approximate surface area is 130 Å². The summed E-state index contributed by atoms with van der Waals surface area (Å²) in [6.45, 7) is 1.46. The van der Waals surface area contributed by atoms with Crippen LogP contribution in [0, 0.1) is 11.7 Å². The summed E-state index contributed by atoms with van der Waals surface area (Å²) < 4.78 is 50.7. The molecular formula is C15H20FNO4S. The van der Waals surface area contributed by atoms with E-state index in [0.717, 1.165) is 12.7 Å². The van der Waals surface area contributed by atoms with Crippen LogP contribution < -0.4 is 4.74 Å². The van der Waals surface area contributed by atoms with E-state index in [2.05, 4.69) is 0 Å². The van der Waals surface area contributed by atoms with Gasteiger partial charge in [-0.2, -0.15) is 4.31 Å². The molecule has 0 N–H and O–H groups in total. The molecule has 0 aromatic heterocycles. The van der Waals surface area contributed by atoms with E-state index in [9.17, 15) is 12.8 Å². The predicted molar refractivity (Wildman–Crippen MR) is 78.8 cm³/mol. The lowest BCUT2D eigenvalue weighted by Crippen LogP contribution is -2.30. The van der Waals surface area contributed by atoms with Crippen LogP contribution in [-0.2, 0) is 14.8 Å². The molecular weight excluding hydrogens is 309 g/mol. The molecule has 1 heterocycles. The van der Waals surface area contributed by atoms with Crippen molar-refractivity contribution in [2.45, 2.75) is 30.3 Å². The van der Waals surface area contributed by atoms with Gasteiger partial charge in [0.2, 0.25) is 10.0 Å². The van der Waals surface area contributed by atoms with Crippen molar-refractivity contribution in [1.29, 1.82) is 0 Å². The Kier molecular flexibility index (Phi) is 4.38. The van der Waals surface area contributed by atoms with Gasteiger partial charge in [-0.3, -0.25) is 0 Å². The standard InChI is InChI=1S/C15H20FNO4S/c1-20-15-5-4-13(8-14(15)16)22(18,19)17-7-6-12(9-17)21-10-11-2-3-11/h4-5,8,11-12H,2-3,6-7,9-10H2,1H3. The number of sulfonamides is 1. The van der Waals surface area contributed by atoms with E-state index in [0.29, 0.717) is 25.4 Å². The molecule has 122 valence electrons. The molecule has 3 rings (SSSR count). The van der Waals surface area contributed by atoms with Gasteiger partial charge in [-0.15, -0.1) is 0 Å². The van der Waals surface area contributed by atoms with Crippen molar-refractivity contribution in [3.8, 4) is 5.75 Å². The van der Waals surface area contributed by atoms with Gasteiger partial charge in [-0.1, -0.05) is 0 Å². The van der Waals surface area contributed by atoms with Crippen molar-refractivity contribution in [3.05, 3.63) is 24.0 Å². The van der Waals surface area contributed by atoms with Crippen LogP contribution in [-0.4, -0.2) is 45.6 Å². The summed E-state index contributed by atoms with van der Waals surface area (Å²) in [7, 11) is -2.34. The Balaban J connectivity index is 1.68. The molecule has 5 nitrogen and oxygen atoms in total. The van der Waals surface area contributed by atoms with E-state index in [1.807, 2.05) is 0 Å². The minimum atomic E-state index is -3.68. The summed E-state index contributed by atoms with van der Waals surface area (Å²) in [6.07, 6.45) is 3.04. The fraction of sp³-hybridized carbons (Fsp3) is 0.600. The van der Waals surface area contributed by atoms with Crippen LogP contribution in [0.4, 0.5) is 4.39 Å². The van der Waals surface area contributed by atoms with Crippen LogP contribution in [0.25, 0.3) is 0 Å². The minimum Gasteiger partial charge on any atom is -0.494 e. The fourth-order valence-electron chi connectivity index (χ4n) is 2.57. The second kappa shape index (κ2) is 6.14. The van der Waals surface area contributed by atoms with Crippen LogP contribution in [0.15, 0.2) is 23.1 Å². The zero-order valence-electron chi connectivity index (χ0n) is 12.5. The lowest BCUT2D eigenvalue weighted by atomic mass is 10.3. The molecule has 0 bridgehead atoms. The third kappa shape index (κ3) is 3.26. The first-order valence-corrected chi connectivity index (χ1v) is 8.90. The van der Waals surface area contributed by atoms with Crippen LogP contribution in [0.3, 0.4) is 0 Å². The highest BCUT2D eigenvalue weighted by Gasteiger charge is 2.34. The molecule has 1 aromatic rings. The number of benzene rings is 1. The fourth-order valence-corrected chi connectivity index (χ4v) is 4.06. The molecule has 0 radical (unpaired) electrons. The van der Waals surface area contributed by atoms with Gasteiger partial charge in [-0.05, 0) is 43.4 Å². The molecule has 7 heteroatoms. The summed E-state index contributed by atoms with van der Waals surface area (Å²) in [6, 6.07) is 3.71. The minimum absolute atomic E-state index is 0.0333. The largest absolute Gasteiger partial charge is 0.494 e. The Morgan fingerprint density at radius 2 is 2.09 bits per heavy atom. The zero-order valence-corrected chi connectivity index (χ0v) is 13.3. The zero-order chi connectivity index (χ0) is 15.7. The molecule has 0 spiro atoms. The van der Waals surface area contributed by atoms with Crippen molar-refractivity contribution in [2.75, 3.05) is 26.8 Å². The van der Waals surface area contributed by atoms with Gasteiger partial charge in [0.05, 0.1) is 18.1 Å². The summed E-state index contributed by atoms with van der Waals surface area (Å²) in [5.74, 6) is 0.0108. The average Bonchev–Trinajstić information content (AvgIpc) is 3.20. The van der Waals surface area contributed by atoms with E-state index in [1.165, 1.54) is 36.4 Å². The number of hydrogen-bond donors (Lipinski definition) is 0. The third-order valence-electron chi connectivity index (χ3n) is 4.13. The SMILES string of the molecule is COc1ccc(S(=O)(=O)N2CCC(OCC3CC3)C2)cc1F. The van der Waals surface area contributed by atoms with Crippen molar-refractivity contribution < 1.29 is 22.3 Å². The molecule has 1 aliphatic carbocycles. The van der Waals surface area contributed by atoms with Gasteiger partial charge >= 0.3 is 0 Å². The van der Waals surface area contributed by atoms with E-state index < -0.39 is 15.8 Å². The molecule has 22 heavy (non-hydrogen) atoms. The number of halogens is 1. The lowest BCUT2D eigenvalue weighted by molar-refractivity contribution is 0.0561. The van der Waals surface area contributed by atoms with Crippen molar-refractivity contribution in [1.82, 2.24) is 4.31 Å². The maximum Gasteiger partial charge on any atom is 0.243 e. The van der Waals surface area contributed by atoms with Gasteiger partial charge in [0.25, 0.3) is 0 Å².